The van der Waals surface area contributed by atoms with E-state index in [1.54, 1.807) is 24.3 Å². The van der Waals surface area contributed by atoms with Gasteiger partial charge in [0.1, 0.15) is 5.01 Å². The maximum Gasteiger partial charge on any atom is 0.241 e. The number of thiazole rings is 1. The van der Waals surface area contributed by atoms with E-state index < -0.39 is 22.2 Å². The molecule has 4 aromatic rings. The highest BCUT2D eigenvalue weighted by Gasteiger charge is 2.25. The smallest absolute Gasteiger partial charge is 0.241 e. The number of rotatable bonds is 10. The van der Waals surface area contributed by atoms with Crippen LogP contribution < -0.4 is 27.2 Å². The SMILES string of the molecule is NCCNc1cccc(S(=O)(=O)NC(Cc2cccc(C(N)N)c2)c2nc3ccccc3s2)c1. The highest BCUT2D eigenvalue weighted by molar-refractivity contribution is 7.89. The van der Waals surface area contributed by atoms with Crippen LogP contribution in [0.4, 0.5) is 5.69 Å². The summed E-state index contributed by atoms with van der Waals surface area (Å²) in [6.45, 7) is 0.991. The van der Waals surface area contributed by atoms with Gasteiger partial charge in [-0.2, -0.15) is 0 Å². The molecule has 4 rings (SSSR count). The molecule has 1 aromatic heterocycles. The van der Waals surface area contributed by atoms with Crippen molar-refractivity contribution in [3.05, 3.63) is 88.9 Å². The number of anilines is 1. The maximum absolute atomic E-state index is 13.4. The number of hydrogen-bond acceptors (Lipinski definition) is 8. The van der Waals surface area contributed by atoms with E-state index in [9.17, 15) is 8.42 Å². The first-order chi connectivity index (χ1) is 16.4. The third kappa shape index (κ3) is 5.79. The van der Waals surface area contributed by atoms with E-state index in [1.165, 1.54) is 11.3 Å². The predicted molar refractivity (Wildman–Crippen MR) is 138 cm³/mol. The highest BCUT2D eigenvalue weighted by atomic mass is 32.2. The molecule has 34 heavy (non-hydrogen) atoms. The van der Waals surface area contributed by atoms with Crippen molar-refractivity contribution >= 4 is 37.3 Å². The summed E-state index contributed by atoms with van der Waals surface area (Å²) in [4.78, 5) is 4.88. The molecular formula is C24H28N6O2S2. The van der Waals surface area contributed by atoms with E-state index in [4.69, 9.17) is 22.2 Å². The molecule has 0 bridgehead atoms. The highest BCUT2D eigenvalue weighted by Crippen LogP contribution is 2.30. The molecule has 0 saturated heterocycles. The topological polar surface area (TPSA) is 149 Å². The number of aromatic nitrogens is 1. The largest absolute Gasteiger partial charge is 0.384 e. The normalized spacial score (nSPS) is 12.8. The van der Waals surface area contributed by atoms with E-state index in [0.717, 1.165) is 21.3 Å². The van der Waals surface area contributed by atoms with Gasteiger partial charge < -0.3 is 22.5 Å². The molecule has 10 heteroatoms. The number of nitrogens with two attached hydrogens (primary N) is 3. The van der Waals surface area contributed by atoms with Gasteiger partial charge in [0.25, 0.3) is 0 Å². The molecular weight excluding hydrogens is 468 g/mol. The Labute approximate surface area is 203 Å². The van der Waals surface area contributed by atoms with Gasteiger partial charge in [-0.25, -0.2) is 18.1 Å². The van der Waals surface area contributed by atoms with Crippen molar-refractivity contribution < 1.29 is 8.42 Å². The van der Waals surface area contributed by atoms with E-state index >= 15 is 0 Å². The van der Waals surface area contributed by atoms with E-state index in [2.05, 4.69) is 10.0 Å². The molecule has 0 aliphatic heterocycles. The van der Waals surface area contributed by atoms with Crippen LogP contribution >= 0.6 is 11.3 Å². The second-order valence-corrected chi connectivity index (χ2v) is 10.7. The quantitative estimate of drug-likeness (QED) is 0.212. The lowest BCUT2D eigenvalue weighted by Crippen LogP contribution is -2.30. The third-order valence-corrected chi connectivity index (χ3v) is 7.92. The lowest BCUT2D eigenvalue weighted by Gasteiger charge is -2.18. The van der Waals surface area contributed by atoms with Crippen LogP contribution in [0.25, 0.3) is 10.2 Å². The Morgan fingerprint density at radius 1 is 0.971 bits per heavy atom. The zero-order valence-electron chi connectivity index (χ0n) is 18.5. The van der Waals surface area contributed by atoms with Crippen molar-refractivity contribution in [2.24, 2.45) is 17.2 Å². The molecule has 3 aromatic carbocycles. The maximum atomic E-state index is 13.4. The van der Waals surface area contributed by atoms with Gasteiger partial charge in [-0.15, -0.1) is 11.3 Å². The summed E-state index contributed by atoms with van der Waals surface area (Å²) < 4.78 is 30.7. The van der Waals surface area contributed by atoms with Crippen LogP contribution in [-0.4, -0.2) is 26.5 Å². The third-order valence-electron chi connectivity index (χ3n) is 5.30. The summed E-state index contributed by atoms with van der Waals surface area (Å²) in [6, 6.07) is 21.4. The molecule has 0 amide bonds. The second kappa shape index (κ2) is 10.6. The van der Waals surface area contributed by atoms with Crippen LogP contribution in [0, 0.1) is 0 Å². The van der Waals surface area contributed by atoms with Gasteiger partial charge in [0.15, 0.2) is 0 Å². The van der Waals surface area contributed by atoms with Crippen molar-refractivity contribution in [1.29, 1.82) is 0 Å². The first kappa shape index (κ1) is 24.3. The Balaban J connectivity index is 1.68. The van der Waals surface area contributed by atoms with Crippen molar-refractivity contribution in [2.75, 3.05) is 18.4 Å². The van der Waals surface area contributed by atoms with Crippen LogP contribution in [0.3, 0.4) is 0 Å². The first-order valence-corrected chi connectivity index (χ1v) is 13.2. The minimum atomic E-state index is -3.84. The van der Waals surface area contributed by atoms with E-state index in [1.807, 2.05) is 48.5 Å². The molecule has 178 valence electrons. The molecule has 1 heterocycles. The van der Waals surface area contributed by atoms with E-state index in [-0.39, 0.29) is 4.90 Å². The van der Waals surface area contributed by atoms with Crippen LogP contribution in [0.2, 0.25) is 0 Å². The standard InChI is InChI=1S/C24H28N6O2S2/c25-11-12-28-18-7-4-8-19(15-18)34(31,32)30-21(14-16-5-3-6-17(13-16)23(26)27)24-29-20-9-1-2-10-22(20)33-24/h1-10,13,15,21,23,28,30H,11-12,14,25-27H2. The summed E-state index contributed by atoms with van der Waals surface area (Å²) in [5.41, 5.74) is 20.4. The molecule has 8 N–H and O–H groups in total. The number of para-hydroxylation sites is 1. The molecule has 1 atom stereocenters. The molecule has 1 unspecified atom stereocenters. The van der Waals surface area contributed by atoms with Crippen molar-refractivity contribution in [2.45, 2.75) is 23.5 Å². The van der Waals surface area contributed by atoms with Crippen LogP contribution in [0.15, 0.2) is 77.7 Å². The number of nitrogens with zero attached hydrogens (tertiary/aromatic N) is 1. The molecule has 0 aliphatic carbocycles. The average molecular weight is 497 g/mol. The van der Waals surface area contributed by atoms with Gasteiger partial charge in [0.2, 0.25) is 10.0 Å². The van der Waals surface area contributed by atoms with Crippen LogP contribution in [0.1, 0.15) is 28.3 Å². The number of benzene rings is 3. The molecule has 8 nitrogen and oxygen atoms in total. The second-order valence-electron chi connectivity index (χ2n) is 7.91. The lowest BCUT2D eigenvalue weighted by atomic mass is 10.0. The Bertz CT molecular complexity index is 1340. The Kier molecular flexibility index (Phi) is 7.57. The fourth-order valence-corrected chi connectivity index (χ4v) is 5.97. The summed E-state index contributed by atoms with van der Waals surface area (Å²) in [6.07, 6.45) is -0.216. The predicted octanol–water partition coefficient (Wildman–Crippen LogP) is 2.85. The fourth-order valence-electron chi connectivity index (χ4n) is 3.63. The van der Waals surface area contributed by atoms with Crippen molar-refractivity contribution in [1.82, 2.24) is 9.71 Å². The van der Waals surface area contributed by atoms with Gasteiger partial charge in [0.05, 0.1) is 27.3 Å². The van der Waals surface area contributed by atoms with Gasteiger partial charge in [-0.05, 0) is 47.9 Å². The van der Waals surface area contributed by atoms with Gasteiger partial charge in [-0.1, -0.05) is 42.5 Å². The number of fused-ring (bicyclic) bond motifs is 1. The van der Waals surface area contributed by atoms with Crippen molar-refractivity contribution in [3.8, 4) is 0 Å². The molecule has 0 aliphatic rings. The number of sulfonamides is 1. The summed E-state index contributed by atoms with van der Waals surface area (Å²) in [5, 5.41) is 3.80. The first-order valence-electron chi connectivity index (χ1n) is 10.9. The zero-order chi connectivity index (χ0) is 24.1. The minimum Gasteiger partial charge on any atom is -0.384 e. The van der Waals surface area contributed by atoms with Crippen LogP contribution in [-0.2, 0) is 16.4 Å². The monoisotopic (exact) mass is 496 g/mol. The number of hydrogen-bond donors (Lipinski definition) is 5. The molecule has 0 spiro atoms. The average Bonchev–Trinajstić information content (AvgIpc) is 3.27. The Morgan fingerprint density at radius 2 is 1.76 bits per heavy atom. The van der Waals surface area contributed by atoms with Gasteiger partial charge >= 0.3 is 0 Å². The van der Waals surface area contributed by atoms with Gasteiger partial charge in [0, 0.05) is 18.8 Å². The van der Waals surface area contributed by atoms with Crippen molar-refractivity contribution in [3.63, 3.8) is 0 Å². The Hall–Kier alpha value is -2.86. The zero-order valence-corrected chi connectivity index (χ0v) is 20.1. The minimum absolute atomic E-state index is 0.165. The molecule has 0 saturated carbocycles. The lowest BCUT2D eigenvalue weighted by molar-refractivity contribution is 0.554. The summed E-state index contributed by atoms with van der Waals surface area (Å²) >= 11 is 1.47. The van der Waals surface area contributed by atoms with Crippen LogP contribution in [0.5, 0.6) is 0 Å². The Morgan fingerprint density at radius 3 is 2.53 bits per heavy atom. The molecule has 0 fully saturated rings. The molecule has 0 radical (unpaired) electrons. The fraction of sp³-hybridized carbons (Fsp3) is 0.208. The number of nitrogens with one attached hydrogen (secondary N) is 2. The van der Waals surface area contributed by atoms with Gasteiger partial charge in [-0.3, -0.25) is 0 Å². The van der Waals surface area contributed by atoms with E-state index in [0.29, 0.717) is 30.2 Å². The summed E-state index contributed by atoms with van der Waals surface area (Å²) in [5.74, 6) is 0. The summed E-state index contributed by atoms with van der Waals surface area (Å²) in [7, 11) is -3.84.